The van der Waals surface area contributed by atoms with Crippen LogP contribution < -0.4 is 5.32 Å². The van der Waals surface area contributed by atoms with Gasteiger partial charge in [0.15, 0.2) is 0 Å². The van der Waals surface area contributed by atoms with Crippen molar-refractivity contribution >= 4 is 44.6 Å². The van der Waals surface area contributed by atoms with Gasteiger partial charge in [0.05, 0.1) is 11.1 Å². The summed E-state index contributed by atoms with van der Waals surface area (Å²) in [5.74, 6) is 0.471. The van der Waals surface area contributed by atoms with E-state index in [1.807, 2.05) is 0 Å². The second kappa shape index (κ2) is 13.5. The zero-order valence-corrected chi connectivity index (χ0v) is 34.0. The molecule has 1 aliphatic heterocycles. The Labute approximate surface area is 357 Å². The third kappa shape index (κ3) is 5.18. The summed E-state index contributed by atoms with van der Waals surface area (Å²) in [6.07, 6.45) is 20.6. The number of nitrogens with zero attached hydrogens (tertiary/aromatic N) is 1. The molecule has 0 fully saturated rings. The Balaban J connectivity index is 1.01. The first-order valence-electron chi connectivity index (χ1n) is 22.1. The zero-order valence-electron chi connectivity index (χ0n) is 34.0. The molecule has 0 saturated carbocycles. The molecule has 7 aromatic rings. The Morgan fingerprint density at radius 1 is 0.639 bits per heavy atom. The molecular formula is C59H44N2. The van der Waals surface area contributed by atoms with E-state index in [9.17, 15) is 0 Å². The minimum absolute atomic E-state index is 0.126. The molecule has 4 unspecified atom stereocenters. The average Bonchev–Trinajstić information content (AvgIpc) is 3.79. The average molecular weight is 781 g/mol. The van der Waals surface area contributed by atoms with Crippen LogP contribution in [0.15, 0.2) is 210 Å². The molecule has 13 rings (SSSR count). The van der Waals surface area contributed by atoms with E-state index < -0.39 is 0 Å². The number of hydrogen-bond donors (Lipinski definition) is 1. The monoisotopic (exact) mass is 780 g/mol. The quantitative estimate of drug-likeness (QED) is 0.189. The maximum Gasteiger partial charge on any atom is 0.126 e. The van der Waals surface area contributed by atoms with Gasteiger partial charge in [0.2, 0.25) is 0 Å². The molecule has 2 nitrogen and oxygen atoms in total. The predicted molar refractivity (Wildman–Crippen MR) is 254 cm³/mol. The third-order valence-electron chi connectivity index (χ3n) is 14.6. The molecule has 290 valence electrons. The van der Waals surface area contributed by atoms with Crippen molar-refractivity contribution in [3.05, 3.63) is 244 Å². The molecule has 0 amide bonds. The standard InChI is InChI=1S/C59H44N2/c1-2-16-39(17-3-1)56-46-21-9-8-20-42(46)34-53-57(56)49-31-30-45(35-52(49)59(53)50-24-12-10-22-47(50)48-23-11-13-25-51(48)59)58-60-54(43-28-26-37-14-4-6-18-40(37)32-43)36-55(61-58)44-29-27-38-15-5-7-19-41(38)33-44/h1-22,24-26,28,30-34,36,45,48,58,60H,23,27,29,35H2. The van der Waals surface area contributed by atoms with Gasteiger partial charge in [-0.15, -0.1) is 0 Å². The molecule has 7 aromatic carbocycles. The van der Waals surface area contributed by atoms with Crippen molar-refractivity contribution in [1.82, 2.24) is 5.32 Å². The van der Waals surface area contributed by atoms with Crippen molar-refractivity contribution in [1.29, 1.82) is 0 Å². The second-order valence-electron chi connectivity index (χ2n) is 17.6. The molecule has 4 atom stereocenters. The summed E-state index contributed by atoms with van der Waals surface area (Å²) >= 11 is 0. The van der Waals surface area contributed by atoms with E-state index in [0.29, 0.717) is 5.92 Å². The van der Waals surface area contributed by atoms with E-state index in [1.54, 1.807) is 0 Å². The van der Waals surface area contributed by atoms with Crippen molar-refractivity contribution in [3.63, 3.8) is 0 Å². The molecule has 0 saturated heterocycles. The van der Waals surface area contributed by atoms with Crippen LogP contribution in [0.5, 0.6) is 0 Å². The van der Waals surface area contributed by atoms with Gasteiger partial charge in [-0.1, -0.05) is 170 Å². The Morgan fingerprint density at radius 2 is 1.44 bits per heavy atom. The van der Waals surface area contributed by atoms with Crippen LogP contribution in [0.25, 0.3) is 50.0 Å². The van der Waals surface area contributed by atoms with E-state index in [1.165, 1.54) is 93.9 Å². The number of aryl methyl sites for hydroxylation is 1. The summed E-state index contributed by atoms with van der Waals surface area (Å²) < 4.78 is 0. The lowest BCUT2D eigenvalue weighted by Crippen LogP contribution is -2.39. The molecule has 1 N–H and O–H groups in total. The van der Waals surface area contributed by atoms with Crippen LogP contribution in [-0.2, 0) is 11.8 Å². The van der Waals surface area contributed by atoms with Crippen LogP contribution in [0.1, 0.15) is 64.1 Å². The van der Waals surface area contributed by atoms with E-state index in [4.69, 9.17) is 4.99 Å². The molecule has 1 spiro atoms. The fourth-order valence-corrected chi connectivity index (χ4v) is 11.9. The number of fused-ring (bicyclic) bond motifs is 12. The fourth-order valence-electron chi connectivity index (χ4n) is 11.9. The lowest BCUT2D eigenvalue weighted by Gasteiger charge is -2.38. The lowest BCUT2D eigenvalue weighted by molar-refractivity contribution is 0.449. The first-order chi connectivity index (χ1) is 30.2. The molecule has 61 heavy (non-hydrogen) atoms. The number of nitrogens with one attached hydrogen (secondary N) is 1. The number of aliphatic imine (C=N–C) groups is 1. The van der Waals surface area contributed by atoms with Gasteiger partial charge >= 0.3 is 0 Å². The number of benzene rings is 7. The Morgan fingerprint density at radius 3 is 2.38 bits per heavy atom. The Kier molecular flexibility index (Phi) is 7.70. The molecule has 0 radical (unpaired) electrons. The summed E-state index contributed by atoms with van der Waals surface area (Å²) in [5, 5.41) is 9.16. The number of rotatable bonds is 4. The lowest BCUT2D eigenvalue weighted by atomic mass is 9.65. The van der Waals surface area contributed by atoms with Crippen LogP contribution in [0.3, 0.4) is 0 Å². The van der Waals surface area contributed by atoms with Gasteiger partial charge in [0.1, 0.15) is 6.17 Å². The summed E-state index contributed by atoms with van der Waals surface area (Å²) in [6, 6.07) is 56.5. The summed E-state index contributed by atoms with van der Waals surface area (Å²) in [4.78, 5) is 5.72. The molecule has 2 heteroatoms. The zero-order chi connectivity index (χ0) is 40.1. The van der Waals surface area contributed by atoms with E-state index >= 15 is 0 Å². The molecule has 0 aromatic heterocycles. The number of hydrogen-bond acceptors (Lipinski definition) is 2. The molecule has 0 bridgehead atoms. The second-order valence-corrected chi connectivity index (χ2v) is 17.6. The molecular weight excluding hydrogens is 737 g/mol. The highest BCUT2D eigenvalue weighted by molar-refractivity contribution is 6.15. The largest absolute Gasteiger partial charge is 0.363 e. The van der Waals surface area contributed by atoms with Gasteiger partial charge < -0.3 is 5.32 Å². The van der Waals surface area contributed by atoms with Gasteiger partial charge in [-0.2, -0.15) is 0 Å². The summed E-state index contributed by atoms with van der Waals surface area (Å²) in [7, 11) is 0. The van der Waals surface area contributed by atoms with Crippen molar-refractivity contribution in [2.24, 2.45) is 10.9 Å². The van der Waals surface area contributed by atoms with Gasteiger partial charge in [0, 0.05) is 17.5 Å². The van der Waals surface area contributed by atoms with E-state index in [0.717, 1.165) is 37.1 Å². The Hall–Kier alpha value is -7.03. The van der Waals surface area contributed by atoms with Crippen LogP contribution in [0.2, 0.25) is 0 Å². The van der Waals surface area contributed by atoms with E-state index in [2.05, 4.69) is 200 Å². The highest BCUT2D eigenvalue weighted by Gasteiger charge is 2.57. The predicted octanol–water partition coefficient (Wildman–Crippen LogP) is 13.7. The van der Waals surface area contributed by atoms with Crippen LogP contribution in [-0.4, -0.2) is 11.9 Å². The number of allylic oxidation sites excluding steroid dienone is 9. The molecule has 5 aliphatic carbocycles. The van der Waals surface area contributed by atoms with Gasteiger partial charge in [-0.3, -0.25) is 4.99 Å². The first-order valence-corrected chi connectivity index (χ1v) is 22.1. The fraction of sp³-hybridized carbons (Fsp3) is 0.136. The summed E-state index contributed by atoms with van der Waals surface area (Å²) in [6.45, 7) is 0. The maximum atomic E-state index is 5.72. The normalized spacial score (nSPS) is 23.0. The van der Waals surface area contributed by atoms with Crippen molar-refractivity contribution in [3.8, 4) is 11.1 Å². The van der Waals surface area contributed by atoms with Crippen molar-refractivity contribution in [2.45, 2.75) is 43.2 Å². The SMILES string of the molecule is C1=CCC2C(=C1)C1(C3=C(C=CC(C4N=C(C5=Cc6ccccc6CC5)C=C(c5ccc6ccccc6c5)N4)C3)c3c1cc1ccccc1c3-c1ccccc1)c1ccccc12. The first kappa shape index (κ1) is 34.8. The minimum Gasteiger partial charge on any atom is -0.363 e. The van der Waals surface area contributed by atoms with Gasteiger partial charge in [-0.25, -0.2) is 0 Å². The smallest absolute Gasteiger partial charge is 0.126 e. The van der Waals surface area contributed by atoms with Crippen molar-refractivity contribution in [2.75, 3.05) is 0 Å². The highest BCUT2D eigenvalue weighted by Crippen LogP contribution is 2.67. The summed E-state index contributed by atoms with van der Waals surface area (Å²) in [5.41, 5.74) is 19.9. The highest BCUT2D eigenvalue weighted by atomic mass is 15.1. The molecule has 1 heterocycles. The third-order valence-corrected chi connectivity index (χ3v) is 14.6. The topological polar surface area (TPSA) is 24.4 Å². The Bertz CT molecular complexity index is 3240. The van der Waals surface area contributed by atoms with Gasteiger partial charge in [0.25, 0.3) is 0 Å². The van der Waals surface area contributed by atoms with Crippen LogP contribution in [0.4, 0.5) is 0 Å². The minimum atomic E-state index is -0.374. The van der Waals surface area contributed by atoms with Gasteiger partial charge in [-0.05, 0) is 144 Å². The van der Waals surface area contributed by atoms with E-state index in [-0.39, 0.29) is 17.5 Å². The van der Waals surface area contributed by atoms with Crippen LogP contribution in [0, 0.1) is 5.92 Å². The maximum absolute atomic E-state index is 5.72. The molecule has 6 aliphatic rings. The van der Waals surface area contributed by atoms with Crippen LogP contribution >= 0.6 is 0 Å². The van der Waals surface area contributed by atoms with Crippen molar-refractivity contribution < 1.29 is 0 Å².